The quantitative estimate of drug-likeness (QED) is 0.0386. The molecule has 2 N–H and O–H groups in total. The van der Waals surface area contributed by atoms with Crippen LogP contribution in [0.2, 0.25) is 0 Å². The number of carbonyl (C=O) groups excluding carboxylic acids is 3. The number of nitrogens with zero attached hydrogens (tertiary/aromatic N) is 4. The Morgan fingerprint density at radius 2 is 1.76 bits per heavy atom. The first-order valence-electron chi connectivity index (χ1n) is 18.4. The van der Waals surface area contributed by atoms with E-state index in [0.29, 0.717) is 54.8 Å². The highest BCUT2D eigenvalue weighted by Crippen LogP contribution is 2.68. The van der Waals surface area contributed by atoms with Crippen LogP contribution in [0.1, 0.15) is 108 Å². The summed E-state index contributed by atoms with van der Waals surface area (Å²) in [6.45, 7) is 7.45. The van der Waals surface area contributed by atoms with Gasteiger partial charge in [-0.15, -0.1) is 0 Å². The molecule has 5 rings (SSSR count). The van der Waals surface area contributed by atoms with Crippen LogP contribution in [0.25, 0.3) is 10.4 Å². The molecule has 14 nitrogen and oxygen atoms in total. The summed E-state index contributed by atoms with van der Waals surface area (Å²) >= 11 is 0. The third kappa shape index (κ3) is 8.32. The number of carbonyl (C=O) groups is 4. The van der Waals surface area contributed by atoms with Gasteiger partial charge in [0.05, 0.1) is 24.5 Å². The number of benzene rings is 1. The predicted octanol–water partition coefficient (Wildman–Crippen LogP) is 7.01. The smallest absolute Gasteiger partial charge is 0.329 e. The minimum atomic E-state index is -1.39. The van der Waals surface area contributed by atoms with E-state index in [2.05, 4.69) is 36.1 Å². The number of rotatable bonds is 14. The number of fused-ring (bicyclic) bond motifs is 5. The molecule has 0 aliphatic heterocycles. The zero-order valence-corrected chi connectivity index (χ0v) is 29.8. The van der Waals surface area contributed by atoms with Gasteiger partial charge in [-0.3, -0.25) is 24.5 Å². The van der Waals surface area contributed by atoms with Crippen LogP contribution in [0, 0.1) is 56.5 Å². The molecule has 14 heteroatoms. The zero-order chi connectivity index (χ0) is 36.9. The van der Waals surface area contributed by atoms with Crippen molar-refractivity contribution >= 4 is 29.5 Å². The van der Waals surface area contributed by atoms with Gasteiger partial charge in [-0.1, -0.05) is 25.9 Å². The molecule has 10 atom stereocenters. The van der Waals surface area contributed by atoms with Crippen molar-refractivity contribution in [3.8, 4) is 0 Å². The van der Waals surface area contributed by atoms with E-state index in [9.17, 15) is 34.4 Å². The first-order valence-corrected chi connectivity index (χ1v) is 18.4. The van der Waals surface area contributed by atoms with Crippen molar-refractivity contribution in [1.82, 2.24) is 5.32 Å². The second-order valence-electron chi connectivity index (χ2n) is 15.8. The number of nitrogens with one attached hydrogen (secondary N) is 1. The van der Waals surface area contributed by atoms with Crippen LogP contribution in [0.3, 0.4) is 0 Å². The maximum Gasteiger partial charge on any atom is 0.329 e. The fraction of sp³-hybridized carbons (Fsp3) is 0.730. The van der Waals surface area contributed by atoms with Crippen molar-refractivity contribution in [2.24, 2.45) is 51.5 Å². The lowest BCUT2D eigenvalue weighted by Gasteiger charge is -2.61. The Morgan fingerprint density at radius 1 is 1.06 bits per heavy atom. The summed E-state index contributed by atoms with van der Waals surface area (Å²) in [5.74, 6) is 0.218. The largest absolute Gasteiger partial charge is 0.481 e. The number of hydrogen-bond acceptors (Lipinski definition) is 9. The topological polar surface area (TPSA) is 211 Å². The van der Waals surface area contributed by atoms with Crippen LogP contribution < -0.4 is 5.32 Å². The molecular formula is C37H51N5O9. The molecule has 4 fully saturated rings. The fourth-order valence-electron chi connectivity index (χ4n) is 10.8. The second-order valence-corrected chi connectivity index (χ2v) is 15.8. The SMILES string of the molecule is C[C@H](CCC(=O)OCCN=[N+]=[N-])[C@H]1CC[C@H]2[C@@H]3CC[C@@H]4C[C@H](OC(=O)[C@H](CC(=O)O)NC(=O)c5ccc([N+](=O)[O-])cc5)CC[C@]4(C)[C@H]3CC[C@]12C. The minimum Gasteiger partial charge on any atom is -0.481 e. The van der Waals surface area contributed by atoms with Gasteiger partial charge in [-0.05, 0) is 128 Å². The number of nitro groups is 1. The van der Waals surface area contributed by atoms with Crippen LogP contribution in [0.4, 0.5) is 5.69 Å². The highest BCUT2D eigenvalue weighted by molar-refractivity contribution is 5.97. The molecule has 0 radical (unpaired) electrons. The summed E-state index contributed by atoms with van der Waals surface area (Å²) in [6.07, 6.45) is 9.35. The maximum absolute atomic E-state index is 13.3. The summed E-state index contributed by atoms with van der Waals surface area (Å²) in [5, 5.41) is 26.3. The molecule has 0 heterocycles. The monoisotopic (exact) mass is 709 g/mol. The number of nitro benzene ring substituents is 1. The number of esters is 2. The minimum absolute atomic E-state index is 0.0701. The van der Waals surface area contributed by atoms with Gasteiger partial charge < -0.3 is 19.9 Å². The third-order valence-electron chi connectivity index (χ3n) is 13.3. The number of azide groups is 1. The number of carboxylic acids is 1. The van der Waals surface area contributed by atoms with E-state index in [1.165, 1.54) is 37.1 Å². The lowest BCUT2D eigenvalue weighted by atomic mass is 9.44. The van der Waals surface area contributed by atoms with Crippen molar-refractivity contribution < 1.29 is 38.7 Å². The van der Waals surface area contributed by atoms with E-state index in [-0.39, 0.29) is 47.3 Å². The van der Waals surface area contributed by atoms with E-state index in [4.69, 9.17) is 15.0 Å². The first kappa shape index (κ1) is 38.1. The number of hydrogen-bond donors (Lipinski definition) is 2. The standard InChI is InChI=1S/C37H51N5O9/c1-22(4-13-33(45)50-19-18-39-41-38)28-11-12-29-27-10-7-24-20-26(14-16-36(24,2)30(27)15-17-37(28,29)3)51-35(47)31(21-32(43)44)40-34(46)23-5-8-25(9-6-23)42(48)49/h5-6,8-9,22,24,26-31H,4,7,10-21H2,1-3H3,(H,40,46)(H,43,44)/t22-,24-,26-,27+,28-,29+,30+,31+,36+,37-/m1/s1. The molecule has 51 heavy (non-hydrogen) atoms. The number of carboxylic acid groups (broad SMARTS) is 1. The third-order valence-corrected chi connectivity index (χ3v) is 13.3. The zero-order valence-electron chi connectivity index (χ0n) is 29.8. The van der Waals surface area contributed by atoms with Crippen molar-refractivity contribution in [3.63, 3.8) is 0 Å². The average molecular weight is 710 g/mol. The number of ether oxygens (including phenoxy) is 2. The van der Waals surface area contributed by atoms with E-state index in [1.807, 2.05) is 0 Å². The van der Waals surface area contributed by atoms with Crippen LogP contribution >= 0.6 is 0 Å². The van der Waals surface area contributed by atoms with Gasteiger partial charge in [0.25, 0.3) is 11.6 Å². The molecule has 0 spiro atoms. The fourth-order valence-corrected chi connectivity index (χ4v) is 10.8. The van der Waals surface area contributed by atoms with Gasteiger partial charge in [0, 0.05) is 29.0 Å². The Balaban J connectivity index is 1.16. The number of non-ortho nitro benzene ring substituents is 1. The summed E-state index contributed by atoms with van der Waals surface area (Å²) in [5.41, 5.74) is 8.64. The molecule has 0 aromatic heterocycles. The maximum atomic E-state index is 13.3. The Morgan fingerprint density at radius 3 is 2.45 bits per heavy atom. The Bertz CT molecular complexity index is 1530. The van der Waals surface area contributed by atoms with Gasteiger partial charge in [0.15, 0.2) is 0 Å². The molecule has 0 bridgehead atoms. The van der Waals surface area contributed by atoms with Gasteiger partial charge in [-0.25, -0.2) is 4.79 Å². The molecule has 0 unspecified atom stereocenters. The van der Waals surface area contributed by atoms with Gasteiger partial charge in [-0.2, -0.15) is 0 Å². The predicted molar refractivity (Wildman–Crippen MR) is 185 cm³/mol. The normalized spacial score (nSPS) is 32.1. The first-order chi connectivity index (χ1) is 24.3. The highest BCUT2D eigenvalue weighted by Gasteiger charge is 2.60. The second kappa shape index (κ2) is 16.0. The lowest BCUT2D eigenvalue weighted by Crippen LogP contribution is -2.54. The van der Waals surface area contributed by atoms with Crippen molar-refractivity contribution in [2.45, 2.75) is 110 Å². The van der Waals surface area contributed by atoms with Crippen molar-refractivity contribution in [1.29, 1.82) is 0 Å². The van der Waals surface area contributed by atoms with E-state index in [0.717, 1.165) is 38.5 Å². The molecule has 4 saturated carbocycles. The van der Waals surface area contributed by atoms with Crippen LogP contribution in [-0.4, -0.2) is 59.1 Å². The summed E-state index contributed by atoms with van der Waals surface area (Å²) < 4.78 is 11.1. The number of aliphatic carboxylic acids is 1. The average Bonchev–Trinajstić information content (AvgIpc) is 3.46. The molecule has 0 saturated heterocycles. The van der Waals surface area contributed by atoms with Crippen LogP contribution in [0.5, 0.6) is 0 Å². The van der Waals surface area contributed by atoms with Gasteiger partial charge in [0.1, 0.15) is 12.1 Å². The van der Waals surface area contributed by atoms with Crippen molar-refractivity contribution in [2.75, 3.05) is 13.2 Å². The molecule has 4 aliphatic carbocycles. The highest BCUT2D eigenvalue weighted by atomic mass is 16.6. The number of amides is 1. The summed E-state index contributed by atoms with van der Waals surface area (Å²) in [6, 6.07) is 3.47. The molecule has 278 valence electrons. The van der Waals surface area contributed by atoms with E-state index in [1.54, 1.807) is 0 Å². The van der Waals surface area contributed by atoms with Gasteiger partial charge >= 0.3 is 17.9 Å². The molecule has 1 amide bonds. The molecular weight excluding hydrogens is 658 g/mol. The van der Waals surface area contributed by atoms with Crippen LogP contribution in [-0.2, 0) is 23.9 Å². The Kier molecular flexibility index (Phi) is 11.9. The lowest BCUT2D eigenvalue weighted by molar-refractivity contribution is -0.384. The summed E-state index contributed by atoms with van der Waals surface area (Å²) in [7, 11) is 0. The van der Waals surface area contributed by atoms with Crippen LogP contribution in [0.15, 0.2) is 29.4 Å². The summed E-state index contributed by atoms with van der Waals surface area (Å²) in [4.78, 5) is 63.1. The van der Waals surface area contributed by atoms with E-state index < -0.39 is 35.2 Å². The molecule has 4 aliphatic rings. The van der Waals surface area contributed by atoms with E-state index >= 15 is 0 Å². The molecule has 1 aromatic carbocycles. The Labute approximate surface area is 298 Å². The van der Waals surface area contributed by atoms with Crippen molar-refractivity contribution in [3.05, 3.63) is 50.4 Å². The van der Waals surface area contributed by atoms with Gasteiger partial charge in [0.2, 0.25) is 0 Å². The molecule has 1 aromatic rings. The Hall–Kier alpha value is -4.19.